The number of halogens is 1. The van der Waals surface area contributed by atoms with Crippen LogP contribution in [0.2, 0.25) is 0 Å². The standard InChI is InChI=1S/C14H13FN2O/c15-12-7-3-2-6-11(12)14(18)17-13-8-4-1-5-10(13)9-16/h1-8H,9,16H2,(H,17,18). The Morgan fingerprint density at radius 1 is 1.11 bits per heavy atom. The number of nitrogens with one attached hydrogen (secondary N) is 1. The Hall–Kier alpha value is -2.20. The highest BCUT2D eigenvalue weighted by Crippen LogP contribution is 2.16. The second-order valence-corrected chi connectivity index (χ2v) is 3.80. The summed E-state index contributed by atoms with van der Waals surface area (Å²) in [6, 6.07) is 13.0. The number of carbonyl (C=O) groups excluding carboxylic acids is 1. The molecule has 2 rings (SSSR count). The van der Waals surface area contributed by atoms with E-state index in [0.717, 1.165) is 5.56 Å². The van der Waals surface area contributed by atoms with E-state index in [0.29, 0.717) is 12.2 Å². The summed E-state index contributed by atoms with van der Waals surface area (Å²) in [7, 11) is 0. The molecule has 0 aliphatic rings. The maximum Gasteiger partial charge on any atom is 0.258 e. The molecule has 0 aliphatic carbocycles. The van der Waals surface area contributed by atoms with Gasteiger partial charge in [0.2, 0.25) is 0 Å². The Morgan fingerprint density at radius 3 is 2.50 bits per heavy atom. The van der Waals surface area contributed by atoms with Crippen molar-refractivity contribution in [2.75, 3.05) is 5.32 Å². The lowest BCUT2D eigenvalue weighted by molar-refractivity contribution is 0.102. The van der Waals surface area contributed by atoms with Gasteiger partial charge in [0.25, 0.3) is 5.91 Å². The summed E-state index contributed by atoms with van der Waals surface area (Å²) < 4.78 is 13.4. The first-order chi connectivity index (χ1) is 8.72. The Labute approximate surface area is 104 Å². The molecule has 3 nitrogen and oxygen atoms in total. The fraction of sp³-hybridized carbons (Fsp3) is 0.0714. The summed E-state index contributed by atoms with van der Waals surface area (Å²) >= 11 is 0. The molecule has 0 heterocycles. The minimum absolute atomic E-state index is 0.0179. The van der Waals surface area contributed by atoms with Crippen molar-refractivity contribution in [2.45, 2.75) is 6.54 Å². The van der Waals surface area contributed by atoms with E-state index in [2.05, 4.69) is 5.32 Å². The van der Waals surface area contributed by atoms with Crippen molar-refractivity contribution in [3.05, 3.63) is 65.5 Å². The number of rotatable bonds is 3. The minimum atomic E-state index is -0.541. The van der Waals surface area contributed by atoms with Crippen molar-refractivity contribution in [1.29, 1.82) is 0 Å². The minimum Gasteiger partial charge on any atom is -0.326 e. The number of hydrogen-bond donors (Lipinski definition) is 2. The van der Waals surface area contributed by atoms with Crippen LogP contribution in [0.15, 0.2) is 48.5 Å². The second-order valence-electron chi connectivity index (χ2n) is 3.80. The Balaban J connectivity index is 2.24. The van der Waals surface area contributed by atoms with Gasteiger partial charge >= 0.3 is 0 Å². The topological polar surface area (TPSA) is 55.1 Å². The largest absolute Gasteiger partial charge is 0.326 e. The van der Waals surface area contributed by atoms with Crippen LogP contribution in [-0.2, 0) is 6.54 Å². The van der Waals surface area contributed by atoms with Crippen molar-refractivity contribution in [3.63, 3.8) is 0 Å². The number of amides is 1. The lowest BCUT2D eigenvalue weighted by atomic mass is 10.1. The van der Waals surface area contributed by atoms with Crippen LogP contribution in [0.1, 0.15) is 15.9 Å². The molecule has 0 spiro atoms. The van der Waals surface area contributed by atoms with Crippen LogP contribution in [0.5, 0.6) is 0 Å². The molecule has 0 unspecified atom stereocenters. The Kier molecular flexibility index (Phi) is 3.69. The molecule has 4 heteroatoms. The van der Waals surface area contributed by atoms with Crippen LogP contribution in [0.4, 0.5) is 10.1 Å². The van der Waals surface area contributed by atoms with Crippen molar-refractivity contribution >= 4 is 11.6 Å². The van der Waals surface area contributed by atoms with Gasteiger partial charge in [-0.2, -0.15) is 0 Å². The van der Waals surface area contributed by atoms with Crippen molar-refractivity contribution < 1.29 is 9.18 Å². The van der Waals surface area contributed by atoms with Crippen LogP contribution in [0, 0.1) is 5.82 Å². The third-order valence-electron chi connectivity index (χ3n) is 2.60. The van der Waals surface area contributed by atoms with Gasteiger partial charge in [-0.05, 0) is 23.8 Å². The molecular formula is C14H13FN2O. The summed E-state index contributed by atoms with van der Waals surface area (Å²) in [5.74, 6) is -1.02. The molecule has 92 valence electrons. The second kappa shape index (κ2) is 5.42. The number of anilines is 1. The van der Waals surface area contributed by atoms with E-state index >= 15 is 0 Å². The van der Waals surface area contributed by atoms with Crippen LogP contribution in [0.25, 0.3) is 0 Å². The van der Waals surface area contributed by atoms with Gasteiger partial charge in [0, 0.05) is 12.2 Å². The van der Waals surface area contributed by atoms with Crippen LogP contribution in [-0.4, -0.2) is 5.91 Å². The fourth-order valence-corrected chi connectivity index (χ4v) is 1.66. The number of hydrogen-bond acceptors (Lipinski definition) is 2. The van der Waals surface area contributed by atoms with E-state index in [9.17, 15) is 9.18 Å². The molecular weight excluding hydrogens is 231 g/mol. The van der Waals surface area contributed by atoms with Gasteiger partial charge in [0.1, 0.15) is 5.82 Å². The van der Waals surface area contributed by atoms with E-state index in [1.54, 1.807) is 24.3 Å². The molecule has 1 amide bonds. The molecule has 0 saturated heterocycles. The summed E-state index contributed by atoms with van der Waals surface area (Å²) in [6.07, 6.45) is 0. The SMILES string of the molecule is NCc1ccccc1NC(=O)c1ccccc1F. The molecule has 3 N–H and O–H groups in total. The molecule has 2 aromatic carbocycles. The van der Waals surface area contributed by atoms with Crippen molar-refractivity contribution in [2.24, 2.45) is 5.73 Å². The van der Waals surface area contributed by atoms with Crippen LogP contribution in [0.3, 0.4) is 0 Å². The van der Waals surface area contributed by atoms with Gasteiger partial charge in [-0.1, -0.05) is 30.3 Å². The molecule has 0 fully saturated rings. The zero-order valence-electron chi connectivity index (χ0n) is 9.69. The van der Waals surface area contributed by atoms with Crippen LogP contribution >= 0.6 is 0 Å². The maximum atomic E-state index is 13.4. The third kappa shape index (κ3) is 2.55. The normalized spacial score (nSPS) is 10.1. The summed E-state index contributed by atoms with van der Waals surface area (Å²) in [5, 5.41) is 2.66. The fourth-order valence-electron chi connectivity index (χ4n) is 1.66. The first kappa shape index (κ1) is 12.3. The van der Waals surface area contributed by atoms with E-state index in [4.69, 9.17) is 5.73 Å². The monoisotopic (exact) mass is 244 g/mol. The molecule has 2 aromatic rings. The molecule has 0 saturated carbocycles. The smallest absolute Gasteiger partial charge is 0.258 e. The van der Waals surface area contributed by atoms with Gasteiger partial charge in [-0.3, -0.25) is 4.79 Å². The van der Waals surface area contributed by atoms with Gasteiger partial charge in [-0.15, -0.1) is 0 Å². The van der Waals surface area contributed by atoms with E-state index in [1.807, 2.05) is 12.1 Å². The average Bonchev–Trinajstić information content (AvgIpc) is 2.39. The highest BCUT2D eigenvalue weighted by molar-refractivity contribution is 6.04. The van der Waals surface area contributed by atoms with Crippen molar-refractivity contribution in [3.8, 4) is 0 Å². The summed E-state index contributed by atoms with van der Waals surface area (Å²) in [4.78, 5) is 11.9. The average molecular weight is 244 g/mol. The zero-order chi connectivity index (χ0) is 13.0. The Morgan fingerprint density at radius 2 is 1.78 bits per heavy atom. The number of para-hydroxylation sites is 1. The van der Waals surface area contributed by atoms with Crippen molar-refractivity contribution in [1.82, 2.24) is 0 Å². The first-order valence-electron chi connectivity index (χ1n) is 5.56. The molecule has 0 atom stereocenters. The predicted molar refractivity (Wildman–Crippen MR) is 68.7 cm³/mol. The van der Waals surface area contributed by atoms with Crippen LogP contribution < -0.4 is 11.1 Å². The number of carbonyl (C=O) groups is 1. The van der Waals surface area contributed by atoms with E-state index in [1.165, 1.54) is 12.1 Å². The molecule has 0 radical (unpaired) electrons. The third-order valence-corrected chi connectivity index (χ3v) is 2.60. The van der Waals surface area contributed by atoms with Gasteiger partial charge in [0.15, 0.2) is 0 Å². The highest BCUT2D eigenvalue weighted by atomic mass is 19.1. The Bertz CT molecular complexity index is 569. The number of nitrogens with two attached hydrogens (primary N) is 1. The zero-order valence-corrected chi connectivity index (χ0v) is 9.69. The van der Waals surface area contributed by atoms with E-state index in [-0.39, 0.29) is 5.56 Å². The lowest BCUT2D eigenvalue weighted by Crippen LogP contribution is -2.15. The molecule has 0 aromatic heterocycles. The quantitative estimate of drug-likeness (QED) is 0.871. The highest BCUT2D eigenvalue weighted by Gasteiger charge is 2.11. The predicted octanol–water partition coefficient (Wildman–Crippen LogP) is 2.54. The lowest BCUT2D eigenvalue weighted by Gasteiger charge is -2.09. The molecule has 0 aliphatic heterocycles. The molecule has 18 heavy (non-hydrogen) atoms. The maximum absolute atomic E-state index is 13.4. The van der Waals surface area contributed by atoms with Gasteiger partial charge < -0.3 is 11.1 Å². The van der Waals surface area contributed by atoms with E-state index < -0.39 is 11.7 Å². The van der Waals surface area contributed by atoms with Gasteiger partial charge in [-0.25, -0.2) is 4.39 Å². The first-order valence-corrected chi connectivity index (χ1v) is 5.56. The molecule has 0 bridgehead atoms. The summed E-state index contributed by atoms with van der Waals surface area (Å²) in [6.45, 7) is 0.313. The summed E-state index contributed by atoms with van der Waals surface area (Å²) in [5.41, 5.74) is 7.00. The van der Waals surface area contributed by atoms with Gasteiger partial charge in [0.05, 0.1) is 5.56 Å². The number of benzene rings is 2.